The highest BCUT2D eigenvalue weighted by Crippen LogP contribution is 2.31. The van der Waals surface area contributed by atoms with Gasteiger partial charge in [0.05, 0.1) is 11.7 Å². The van der Waals surface area contributed by atoms with Crippen molar-refractivity contribution in [3.8, 4) is 5.75 Å². The minimum absolute atomic E-state index is 0.279. The molecule has 1 aliphatic heterocycles. The van der Waals surface area contributed by atoms with Gasteiger partial charge in [0, 0.05) is 30.9 Å². The van der Waals surface area contributed by atoms with E-state index in [0.29, 0.717) is 6.61 Å². The van der Waals surface area contributed by atoms with Crippen molar-refractivity contribution in [2.45, 2.75) is 25.9 Å². The molecule has 1 atom stereocenters. The molecule has 1 aromatic heterocycles. The van der Waals surface area contributed by atoms with Gasteiger partial charge in [0.15, 0.2) is 0 Å². The number of para-hydroxylation sites is 1. The molecule has 1 aromatic carbocycles. The van der Waals surface area contributed by atoms with E-state index in [1.165, 1.54) is 16.8 Å². The number of aromatic nitrogens is 2. The summed E-state index contributed by atoms with van der Waals surface area (Å²) in [5, 5.41) is 8.03. The molecule has 0 aliphatic carbocycles. The van der Waals surface area contributed by atoms with Crippen molar-refractivity contribution in [3.63, 3.8) is 0 Å². The predicted molar refractivity (Wildman–Crippen MR) is 74.1 cm³/mol. The van der Waals surface area contributed by atoms with E-state index >= 15 is 0 Å². The molecule has 4 heteroatoms. The van der Waals surface area contributed by atoms with Gasteiger partial charge in [0.2, 0.25) is 0 Å². The first kappa shape index (κ1) is 12.2. The maximum Gasteiger partial charge on any atom is 0.124 e. The van der Waals surface area contributed by atoms with Gasteiger partial charge in [0.25, 0.3) is 0 Å². The fraction of sp³-hybridized carbons (Fsp3) is 0.400. The predicted octanol–water partition coefficient (Wildman–Crippen LogP) is 2.21. The third-order valence-corrected chi connectivity index (χ3v) is 3.57. The number of nitrogens with zero attached hydrogens (tertiary/aromatic N) is 2. The van der Waals surface area contributed by atoms with Crippen molar-refractivity contribution >= 4 is 0 Å². The van der Waals surface area contributed by atoms with Gasteiger partial charge < -0.3 is 10.1 Å². The van der Waals surface area contributed by atoms with Crippen molar-refractivity contribution in [2.24, 2.45) is 7.05 Å². The number of fused-ring (bicyclic) bond motifs is 1. The van der Waals surface area contributed by atoms with E-state index in [9.17, 15) is 0 Å². The van der Waals surface area contributed by atoms with Gasteiger partial charge in [-0.1, -0.05) is 25.1 Å². The second kappa shape index (κ2) is 5.05. The van der Waals surface area contributed by atoms with E-state index in [2.05, 4.69) is 35.7 Å². The van der Waals surface area contributed by atoms with Crippen LogP contribution in [0.2, 0.25) is 0 Å². The summed E-state index contributed by atoms with van der Waals surface area (Å²) in [6.45, 7) is 3.68. The lowest BCUT2D eigenvalue weighted by molar-refractivity contribution is 0.310. The molecule has 0 saturated heterocycles. The van der Waals surface area contributed by atoms with Crippen LogP contribution in [0.1, 0.15) is 29.8 Å². The van der Waals surface area contributed by atoms with E-state index in [4.69, 9.17) is 4.74 Å². The third-order valence-electron chi connectivity index (χ3n) is 3.57. The number of nitrogens with one attached hydrogen (secondary N) is 1. The monoisotopic (exact) mass is 257 g/mol. The molecule has 3 rings (SSSR count). The van der Waals surface area contributed by atoms with Crippen molar-refractivity contribution in [1.82, 2.24) is 15.1 Å². The Morgan fingerprint density at radius 3 is 3.11 bits per heavy atom. The van der Waals surface area contributed by atoms with Gasteiger partial charge in [-0.05, 0) is 12.5 Å². The van der Waals surface area contributed by atoms with Crippen LogP contribution in [-0.2, 0) is 20.0 Å². The lowest BCUT2D eigenvalue weighted by Crippen LogP contribution is -2.22. The summed E-state index contributed by atoms with van der Waals surface area (Å²) in [5.41, 5.74) is 3.70. The molecule has 1 aliphatic rings. The SMILES string of the molecule is CCc1nn(C)cc1CNC1COc2ccccc21. The Kier molecular flexibility index (Phi) is 3.25. The zero-order valence-corrected chi connectivity index (χ0v) is 11.4. The smallest absolute Gasteiger partial charge is 0.124 e. The first-order valence-corrected chi connectivity index (χ1v) is 6.74. The topological polar surface area (TPSA) is 39.1 Å². The second-order valence-electron chi connectivity index (χ2n) is 4.91. The van der Waals surface area contributed by atoms with Gasteiger partial charge in [-0.25, -0.2) is 0 Å². The van der Waals surface area contributed by atoms with Crippen LogP contribution in [0.3, 0.4) is 0 Å². The number of benzene rings is 1. The van der Waals surface area contributed by atoms with E-state index in [1.807, 2.05) is 23.9 Å². The number of rotatable bonds is 4. The summed E-state index contributed by atoms with van der Waals surface area (Å²) >= 11 is 0. The highest BCUT2D eigenvalue weighted by molar-refractivity contribution is 5.39. The van der Waals surface area contributed by atoms with Crippen LogP contribution in [0.5, 0.6) is 5.75 Å². The van der Waals surface area contributed by atoms with Crippen LogP contribution in [-0.4, -0.2) is 16.4 Å². The first-order chi connectivity index (χ1) is 9.28. The van der Waals surface area contributed by atoms with Crippen LogP contribution < -0.4 is 10.1 Å². The Morgan fingerprint density at radius 1 is 1.42 bits per heavy atom. The van der Waals surface area contributed by atoms with E-state index in [-0.39, 0.29) is 6.04 Å². The van der Waals surface area contributed by atoms with Crippen molar-refractivity contribution in [2.75, 3.05) is 6.61 Å². The Bertz CT molecular complexity index is 577. The van der Waals surface area contributed by atoms with Crippen LogP contribution >= 0.6 is 0 Å². The number of aryl methyl sites for hydroxylation is 2. The zero-order valence-electron chi connectivity index (χ0n) is 11.4. The van der Waals surface area contributed by atoms with Gasteiger partial charge in [-0.3, -0.25) is 4.68 Å². The van der Waals surface area contributed by atoms with Crippen LogP contribution in [0, 0.1) is 0 Å². The van der Waals surface area contributed by atoms with E-state index < -0.39 is 0 Å². The molecule has 0 spiro atoms. The lowest BCUT2D eigenvalue weighted by Gasteiger charge is -2.11. The summed E-state index contributed by atoms with van der Waals surface area (Å²) < 4.78 is 7.56. The molecule has 1 N–H and O–H groups in total. The average Bonchev–Trinajstić information content (AvgIpc) is 2.99. The fourth-order valence-corrected chi connectivity index (χ4v) is 2.59. The molecule has 4 nitrogen and oxygen atoms in total. The zero-order chi connectivity index (χ0) is 13.2. The third kappa shape index (κ3) is 2.36. The molecule has 19 heavy (non-hydrogen) atoms. The number of hydrogen-bond acceptors (Lipinski definition) is 3. The number of hydrogen-bond donors (Lipinski definition) is 1. The van der Waals surface area contributed by atoms with E-state index in [1.54, 1.807) is 0 Å². The van der Waals surface area contributed by atoms with Crippen LogP contribution in [0.15, 0.2) is 30.5 Å². The molecule has 0 amide bonds. The minimum atomic E-state index is 0.279. The summed E-state index contributed by atoms with van der Waals surface area (Å²) in [5.74, 6) is 1.00. The molecular formula is C15H19N3O. The minimum Gasteiger partial charge on any atom is -0.491 e. The van der Waals surface area contributed by atoms with Gasteiger partial charge in [-0.2, -0.15) is 5.10 Å². The summed E-state index contributed by atoms with van der Waals surface area (Å²) in [6.07, 6.45) is 3.06. The maximum atomic E-state index is 5.68. The van der Waals surface area contributed by atoms with Crippen molar-refractivity contribution in [3.05, 3.63) is 47.3 Å². The second-order valence-corrected chi connectivity index (χ2v) is 4.91. The van der Waals surface area contributed by atoms with Gasteiger partial charge in [-0.15, -0.1) is 0 Å². The molecule has 2 aromatic rings. The summed E-state index contributed by atoms with van der Waals surface area (Å²) in [6, 6.07) is 8.50. The molecule has 100 valence electrons. The Labute approximate surface area is 113 Å². The number of ether oxygens (including phenoxy) is 1. The van der Waals surface area contributed by atoms with Gasteiger partial charge >= 0.3 is 0 Å². The summed E-state index contributed by atoms with van der Waals surface area (Å²) in [4.78, 5) is 0. The normalized spacial score (nSPS) is 17.3. The highest BCUT2D eigenvalue weighted by Gasteiger charge is 2.23. The van der Waals surface area contributed by atoms with Crippen LogP contribution in [0.25, 0.3) is 0 Å². The van der Waals surface area contributed by atoms with Crippen LogP contribution in [0.4, 0.5) is 0 Å². The lowest BCUT2D eigenvalue weighted by atomic mass is 10.1. The molecule has 0 saturated carbocycles. The summed E-state index contributed by atoms with van der Waals surface area (Å²) in [7, 11) is 1.97. The average molecular weight is 257 g/mol. The van der Waals surface area contributed by atoms with Crippen molar-refractivity contribution < 1.29 is 4.74 Å². The van der Waals surface area contributed by atoms with Crippen molar-refractivity contribution in [1.29, 1.82) is 0 Å². The van der Waals surface area contributed by atoms with E-state index in [0.717, 1.165) is 18.7 Å². The Morgan fingerprint density at radius 2 is 2.26 bits per heavy atom. The Balaban J connectivity index is 1.70. The molecule has 0 fully saturated rings. The highest BCUT2D eigenvalue weighted by atomic mass is 16.5. The van der Waals surface area contributed by atoms with Gasteiger partial charge in [0.1, 0.15) is 12.4 Å². The molecule has 0 radical (unpaired) electrons. The molecule has 2 heterocycles. The standard InChI is InChI=1S/C15H19N3O/c1-3-13-11(9-18(2)17-13)8-16-14-10-19-15-7-5-4-6-12(14)15/h4-7,9,14,16H,3,8,10H2,1-2H3. The fourth-order valence-electron chi connectivity index (χ4n) is 2.59. The largest absolute Gasteiger partial charge is 0.491 e. The molecular weight excluding hydrogens is 238 g/mol. The first-order valence-electron chi connectivity index (χ1n) is 6.74. The molecule has 1 unspecified atom stereocenters. The molecule has 0 bridgehead atoms. The quantitative estimate of drug-likeness (QED) is 0.912. The Hall–Kier alpha value is -1.81. The maximum absolute atomic E-state index is 5.68.